The van der Waals surface area contributed by atoms with Crippen molar-refractivity contribution in [1.82, 2.24) is 5.32 Å². The standard InChI is InChI=1S/C15H18F3NO4/c1-14(2,3)23-13(22)19-11(8-12(20)21)9-4-6-10(7-5-9)15(16,17)18/h4-7,11H,8H2,1-3H3,(H,19,22)(H,20,21)/t11-/m0/s1. The number of carbonyl (C=O) groups excluding carboxylic acids is 1. The van der Waals surface area contributed by atoms with E-state index in [0.29, 0.717) is 0 Å². The highest BCUT2D eigenvalue weighted by atomic mass is 19.4. The van der Waals surface area contributed by atoms with Gasteiger partial charge in [-0.3, -0.25) is 4.79 Å². The molecule has 1 atom stereocenters. The summed E-state index contributed by atoms with van der Waals surface area (Å²) in [5, 5.41) is 11.3. The summed E-state index contributed by atoms with van der Waals surface area (Å²) in [6.45, 7) is 4.91. The molecule has 2 N–H and O–H groups in total. The monoisotopic (exact) mass is 333 g/mol. The molecule has 0 spiro atoms. The molecular weight excluding hydrogens is 315 g/mol. The maximum absolute atomic E-state index is 12.5. The van der Waals surface area contributed by atoms with Crippen molar-refractivity contribution in [3.63, 3.8) is 0 Å². The van der Waals surface area contributed by atoms with Crippen LogP contribution in [0.5, 0.6) is 0 Å². The number of carboxylic acids is 1. The number of nitrogens with one attached hydrogen (secondary N) is 1. The molecule has 1 rings (SSSR count). The van der Waals surface area contributed by atoms with Crippen molar-refractivity contribution < 1.29 is 32.6 Å². The Morgan fingerprint density at radius 2 is 1.70 bits per heavy atom. The van der Waals surface area contributed by atoms with E-state index < -0.39 is 41.9 Å². The van der Waals surface area contributed by atoms with Gasteiger partial charge in [0.1, 0.15) is 5.60 Å². The Labute approximate surface area is 131 Å². The summed E-state index contributed by atoms with van der Waals surface area (Å²) in [4.78, 5) is 22.6. The zero-order valence-corrected chi connectivity index (χ0v) is 12.9. The fourth-order valence-electron chi connectivity index (χ4n) is 1.78. The van der Waals surface area contributed by atoms with E-state index >= 15 is 0 Å². The maximum atomic E-state index is 12.5. The zero-order chi connectivity index (χ0) is 17.8. The van der Waals surface area contributed by atoms with Crippen LogP contribution in [0, 0.1) is 0 Å². The number of alkyl carbamates (subject to hydrolysis) is 1. The minimum atomic E-state index is -4.49. The van der Waals surface area contributed by atoms with Crippen LogP contribution in [0.1, 0.15) is 44.4 Å². The predicted molar refractivity (Wildman–Crippen MR) is 75.8 cm³/mol. The molecule has 1 aromatic rings. The first-order chi connectivity index (χ1) is 10.4. The molecule has 23 heavy (non-hydrogen) atoms. The normalized spacial score (nSPS) is 13.3. The first-order valence-corrected chi connectivity index (χ1v) is 6.77. The summed E-state index contributed by atoms with van der Waals surface area (Å²) in [5.41, 5.74) is -1.39. The Hall–Kier alpha value is -2.25. The Morgan fingerprint density at radius 3 is 2.09 bits per heavy atom. The Morgan fingerprint density at radius 1 is 1.17 bits per heavy atom. The minimum Gasteiger partial charge on any atom is -0.481 e. The molecule has 0 unspecified atom stereocenters. The summed E-state index contributed by atoms with van der Waals surface area (Å²) < 4.78 is 42.7. The van der Waals surface area contributed by atoms with Gasteiger partial charge in [-0.2, -0.15) is 13.2 Å². The average Bonchev–Trinajstić information content (AvgIpc) is 2.34. The molecule has 5 nitrogen and oxygen atoms in total. The van der Waals surface area contributed by atoms with Gasteiger partial charge in [0.05, 0.1) is 18.0 Å². The average molecular weight is 333 g/mol. The Balaban J connectivity index is 2.94. The quantitative estimate of drug-likeness (QED) is 0.880. The van der Waals surface area contributed by atoms with E-state index in [1.165, 1.54) is 0 Å². The molecule has 128 valence electrons. The fraction of sp³-hybridized carbons (Fsp3) is 0.467. The molecule has 8 heteroatoms. The summed E-state index contributed by atoms with van der Waals surface area (Å²) in [7, 11) is 0. The van der Waals surface area contributed by atoms with Crippen LogP contribution in [-0.2, 0) is 15.7 Å². The van der Waals surface area contributed by atoms with Crippen LogP contribution in [0.2, 0.25) is 0 Å². The van der Waals surface area contributed by atoms with E-state index in [0.717, 1.165) is 24.3 Å². The molecule has 0 saturated carbocycles. The summed E-state index contributed by atoms with van der Waals surface area (Å²) in [5.74, 6) is -1.20. The van der Waals surface area contributed by atoms with E-state index in [4.69, 9.17) is 9.84 Å². The van der Waals surface area contributed by atoms with Gasteiger partial charge in [0.15, 0.2) is 0 Å². The first-order valence-electron chi connectivity index (χ1n) is 6.77. The lowest BCUT2D eigenvalue weighted by atomic mass is 10.0. The van der Waals surface area contributed by atoms with Crippen LogP contribution in [-0.4, -0.2) is 22.8 Å². The topological polar surface area (TPSA) is 75.6 Å². The second-order valence-electron chi connectivity index (χ2n) is 5.92. The van der Waals surface area contributed by atoms with Gasteiger partial charge >= 0.3 is 18.2 Å². The smallest absolute Gasteiger partial charge is 0.416 e. The van der Waals surface area contributed by atoms with Crippen molar-refractivity contribution in [3.8, 4) is 0 Å². The number of hydrogen-bond acceptors (Lipinski definition) is 3. The molecule has 0 saturated heterocycles. The molecule has 0 radical (unpaired) electrons. The molecule has 0 aliphatic rings. The van der Waals surface area contributed by atoms with Crippen LogP contribution >= 0.6 is 0 Å². The van der Waals surface area contributed by atoms with E-state index in [9.17, 15) is 22.8 Å². The molecule has 1 aromatic carbocycles. The molecule has 0 fully saturated rings. The highest BCUT2D eigenvalue weighted by Gasteiger charge is 2.30. The lowest BCUT2D eigenvalue weighted by Crippen LogP contribution is -2.35. The van der Waals surface area contributed by atoms with Crippen LogP contribution in [0.25, 0.3) is 0 Å². The molecule has 0 bridgehead atoms. The number of hydrogen-bond donors (Lipinski definition) is 2. The van der Waals surface area contributed by atoms with E-state index in [-0.39, 0.29) is 5.56 Å². The second kappa shape index (κ2) is 6.89. The fourth-order valence-corrected chi connectivity index (χ4v) is 1.78. The third-order valence-corrected chi connectivity index (χ3v) is 2.71. The van der Waals surface area contributed by atoms with Gasteiger partial charge in [-0.25, -0.2) is 4.79 Å². The second-order valence-corrected chi connectivity index (χ2v) is 5.92. The van der Waals surface area contributed by atoms with Gasteiger partial charge in [-0.15, -0.1) is 0 Å². The third-order valence-electron chi connectivity index (χ3n) is 2.71. The van der Waals surface area contributed by atoms with E-state index in [1.54, 1.807) is 20.8 Å². The summed E-state index contributed by atoms with van der Waals surface area (Å²) in [6.07, 6.45) is -5.81. The van der Waals surface area contributed by atoms with Gasteiger partial charge < -0.3 is 15.2 Å². The lowest BCUT2D eigenvalue weighted by Gasteiger charge is -2.23. The van der Waals surface area contributed by atoms with Crippen LogP contribution in [0.15, 0.2) is 24.3 Å². The van der Waals surface area contributed by atoms with Crippen molar-refractivity contribution in [2.24, 2.45) is 0 Å². The maximum Gasteiger partial charge on any atom is 0.416 e. The molecule has 0 aliphatic heterocycles. The van der Waals surface area contributed by atoms with Gasteiger partial charge in [0.2, 0.25) is 0 Å². The first kappa shape index (κ1) is 18.8. The summed E-state index contributed by atoms with van der Waals surface area (Å²) in [6, 6.07) is 2.94. The predicted octanol–water partition coefficient (Wildman–Crippen LogP) is 3.75. The van der Waals surface area contributed by atoms with Crippen molar-refractivity contribution in [1.29, 1.82) is 0 Å². The van der Waals surface area contributed by atoms with Gasteiger partial charge in [0.25, 0.3) is 0 Å². The number of carboxylic acid groups (broad SMARTS) is 1. The molecular formula is C15H18F3NO4. The number of amides is 1. The number of benzene rings is 1. The highest BCUT2D eigenvalue weighted by molar-refractivity contribution is 5.72. The number of carbonyl (C=O) groups is 2. The zero-order valence-electron chi connectivity index (χ0n) is 12.9. The largest absolute Gasteiger partial charge is 0.481 e. The van der Waals surface area contributed by atoms with E-state index in [2.05, 4.69) is 5.32 Å². The molecule has 0 heterocycles. The minimum absolute atomic E-state index is 0.242. The van der Waals surface area contributed by atoms with Crippen LogP contribution < -0.4 is 5.32 Å². The molecule has 1 amide bonds. The van der Waals surface area contributed by atoms with Gasteiger partial charge in [-0.1, -0.05) is 12.1 Å². The highest BCUT2D eigenvalue weighted by Crippen LogP contribution is 2.30. The number of ether oxygens (including phenoxy) is 1. The number of alkyl halides is 3. The number of halogens is 3. The Bertz CT molecular complexity index is 562. The van der Waals surface area contributed by atoms with Crippen molar-refractivity contribution >= 4 is 12.1 Å². The van der Waals surface area contributed by atoms with Crippen LogP contribution in [0.4, 0.5) is 18.0 Å². The van der Waals surface area contributed by atoms with Crippen molar-refractivity contribution in [3.05, 3.63) is 35.4 Å². The van der Waals surface area contributed by atoms with Gasteiger partial charge in [0, 0.05) is 0 Å². The lowest BCUT2D eigenvalue weighted by molar-refractivity contribution is -0.138. The van der Waals surface area contributed by atoms with Crippen molar-refractivity contribution in [2.75, 3.05) is 0 Å². The van der Waals surface area contributed by atoms with E-state index in [1.807, 2.05) is 0 Å². The SMILES string of the molecule is CC(C)(C)OC(=O)N[C@@H](CC(=O)O)c1ccc(C(F)(F)F)cc1. The van der Waals surface area contributed by atoms with Crippen molar-refractivity contribution in [2.45, 2.75) is 45.0 Å². The molecule has 0 aromatic heterocycles. The number of aliphatic carboxylic acids is 1. The van der Waals surface area contributed by atoms with Gasteiger partial charge in [-0.05, 0) is 38.5 Å². The Kier molecular flexibility index (Phi) is 5.63. The van der Waals surface area contributed by atoms with Crippen LogP contribution in [0.3, 0.4) is 0 Å². The number of rotatable bonds is 4. The molecule has 0 aliphatic carbocycles. The summed E-state index contributed by atoms with van der Waals surface area (Å²) >= 11 is 0. The third kappa shape index (κ3) is 6.58.